The average Bonchev–Trinajstić information content (AvgIpc) is 2.16. The van der Waals surface area contributed by atoms with E-state index in [-0.39, 0.29) is 3.57 Å². The van der Waals surface area contributed by atoms with Gasteiger partial charge >= 0.3 is 6.36 Å². The zero-order valence-electron chi connectivity index (χ0n) is 8.66. The van der Waals surface area contributed by atoms with Crippen LogP contribution in [0.3, 0.4) is 0 Å². The number of hydrogen-bond acceptors (Lipinski definition) is 5. The summed E-state index contributed by atoms with van der Waals surface area (Å²) in [5, 5.41) is 4.89. The van der Waals surface area contributed by atoms with Crippen LogP contribution in [0, 0.1) is 3.57 Å². The summed E-state index contributed by atoms with van der Waals surface area (Å²) in [7, 11) is -3.30. The van der Waals surface area contributed by atoms with Gasteiger partial charge in [-0.05, 0) is 22.6 Å². The van der Waals surface area contributed by atoms with Gasteiger partial charge < -0.3 is 9.47 Å². The highest BCUT2D eigenvalue weighted by atomic mass is 127. The summed E-state index contributed by atoms with van der Waals surface area (Å²) in [4.78, 5) is 2.70. The molecule has 0 radical (unpaired) electrons. The molecular weight excluding hydrogens is 392 g/mol. The smallest absolute Gasteiger partial charge is 0.490 e. The first-order chi connectivity index (χ1) is 8.06. The molecule has 0 saturated heterocycles. The lowest BCUT2D eigenvalue weighted by Crippen LogP contribution is -2.21. The third kappa shape index (κ3) is 3.58. The second-order valence-corrected chi connectivity index (χ2v) is 5.53. The van der Waals surface area contributed by atoms with Crippen molar-refractivity contribution in [3.05, 3.63) is 9.77 Å². The maximum atomic E-state index is 12.1. The summed E-state index contributed by atoms with van der Waals surface area (Å²) >= 11 is 1.55. The van der Waals surface area contributed by atoms with Crippen molar-refractivity contribution in [3.8, 4) is 11.6 Å². The third-order valence-electron chi connectivity index (χ3n) is 1.61. The van der Waals surface area contributed by atoms with Gasteiger partial charge in [0.1, 0.15) is 4.90 Å². The Bertz CT molecular complexity index is 561. The monoisotopic (exact) mass is 398 g/mol. The standard InChI is InChI=1S/C7H6F3IN2O4S/c1-16-4-5(18(12,14)15)3(11)2-13-6(4)17-7(8,9)10/h2H,1H3,(H2,12,14,15). The molecule has 11 heteroatoms. The topological polar surface area (TPSA) is 91.5 Å². The number of halogens is 4. The second-order valence-electron chi connectivity index (χ2n) is 2.87. The van der Waals surface area contributed by atoms with Crippen LogP contribution in [-0.2, 0) is 10.0 Å². The van der Waals surface area contributed by atoms with E-state index in [1.54, 1.807) is 22.6 Å². The van der Waals surface area contributed by atoms with Crippen molar-refractivity contribution in [3.63, 3.8) is 0 Å². The molecule has 0 aliphatic carbocycles. The van der Waals surface area contributed by atoms with Crippen LogP contribution >= 0.6 is 22.6 Å². The first-order valence-corrected chi connectivity index (χ1v) is 6.70. The van der Waals surface area contributed by atoms with E-state index in [0.717, 1.165) is 13.3 Å². The van der Waals surface area contributed by atoms with Gasteiger partial charge in [-0.1, -0.05) is 0 Å². The van der Waals surface area contributed by atoms with Crippen LogP contribution in [0.2, 0.25) is 0 Å². The van der Waals surface area contributed by atoms with Gasteiger partial charge in [0.25, 0.3) is 5.88 Å². The lowest BCUT2D eigenvalue weighted by Gasteiger charge is -2.14. The van der Waals surface area contributed by atoms with Crippen molar-refractivity contribution < 1.29 is 31.1 Å². The van der Waals surface area contributed by atoms with Crippen LogP contribution in [0.5, 0.6) is 11.6 Å². The first-order valence-electron chi connectivity index (χ1n) is 4.07. The molecule has 0 atom stereocenters. The minimum absolute atomic E-state index is 0.0153. The molecule has 6 nitrogen and oxygen atoms in total. The van der Waals surface area contributed by atoms with Crippen LogP contribution in [0.1, 0.15) is 0 Å². The van der Waals surface area contributed by atoms with E-state index in [2.05, 4.69) is 14.5 Å². The van der Waals surface area contributed by atoms with Gasteiger partial charge in [-0.25, -0.2) is 18.5 Å². The fourth-order valence-electron chi connectivity index (χ4n) is 1.07. The number of hydrogen-bond donors (Lipinski definition) is 1. The van der Waals surface area contributed by atoms with Crippen molar-refractivity contribution in [1.29, 1.82) is 0 Å². The van der Waals surface area contributed by atoms with Crippen LogP contribution < -0.4 is 14.6 Å². The number of aromatic nitrogens is 1. The molecule has 0 bridgehead atoms. The molecular formula is C7H6F3IN2O4S. The molecule has 0 fully saturated rings. The predicted octanol–water partition coefficient (Wildman–Crippen LogP) is 1.24. The summed E-state index contributed by atoms with van der Waals surface area (Å²) < 4.78 is 67.0. The number of nitrogens with zero attached hydrogens (tertiary/aromatic N) is 1. The summed E-state index contributed by atoms with van der Waals surface area (Å²) in [6.07, 6.45) is -4.15. The maximum absolute atomic E-state index is 12.1. The molecule has 0 saturated carbocycles. The number of methoxy groups -OCH3 is 1. The van der Waals surface area contributed by atoms with Crippen molar-refractivity contribution in [2.75, 3.05) is 7.11 Å². The average molecular weight is 398 g/mol. The van der Waals surface area contributed by atoms with Crippen molar-refractivity contribution >= 4 is 32.6 Å². The van der Waals surface area contributed by atoms with E-state index < -0.39 is 32.9 Å². The SMILES string of the molecule is COc1c(OC(F)(F)F)ncc(I)c1S(N)(=O)=O. The molecule has 0 aromatic carbocycles. The Kier molecular flexibility index (Phi) is 4.27. The van der Waals surface area contributed by atoms with Gasteiger partial charge in [-0.15, -0.1) is 13.2 Å². The van der Waals surface area contributed by atoms with Crippen LogP contribution in [0.4, 0.5) is 13.2 Å². The molecule has 102 valence electrons. The fourth-order valence-corrected chi connectivity index (χ4v) is 3.12. The van der Waals surface area contributed by atoms with Gasteiger partial charge in [-0.2, -0.15) is 0 Å². The third-order valence-corrected chi connectivity index (χ3v) is 3.77. The Morgan fingerprint density at radius 3 is 2.39 bits per heavy atom. The van der Waals surface area contributed by atoms with Crippen molar-refractivity contribution in [2.24, 2.45) is 5.14 Å². The molecule has 0 aliphatic rings. The highest BCUT2D eigenvalue weighted by Gasteiger charge is 2.35. The Morgan fingerprint density at radius 2 is 2.00 bits per heavy atom. The van der Waals surface area contributed by atoms with Gasteiger partial charge in [-0.3, -0.25) is 0 Å². The number of alkyl halides is 3. The molecule has 1 heterocycles. The molecule has 1 aromatic rings. The van der Waals surface area contributed by atoms with Crippen molar-refractivity contribution in [2.45, 2.75) is 11.3 Å². The highest BCUT2D eigenvalue weighted by Crippen LogP contribution is 2.37. The maximum Gasteiger partial charge on any atom is 0.574 e. The van der Waals surface area contributed by atoms with Gasteiger partial charge in [0.05, 0.1) is 10.7 Å². The highest BCUT2D eigenvalue weighted by molar-refractivity contribution is 14.1. The molecule has 18 heavy (non-hydrogen) atoms. The van der Waals surface area contributed by atoms with Gasteiger partial charge in [0, 0.05) is 6.20 Å². The van der Waals surface area contributed by atoms with E-state index in [9.17, 15) is 21.6 Å². The zero-order valence-corrected chi connectivity index (χ0v) is 11.6. The zero-order chi connectivity index (χ0) is 14.1. The van der Waals surface area contributed by atoms with Crippen LogP contribution in [0.25, 0.3) is 0 Å². The number of pyridine rings is 1. The number of primary sulfonamides is 1. The molecule has 1 rings (SSSR count). The molecule has 2 N–H and O–H groups in total. The largest absolute Gasteiger partial charge is 0.574 e. The summed E-state index contributed by atoms with van der Waals surface area (Å²) in [5.41, 5.74) is 0. The fraction of sp³-hybridized carbons (Fsp3) is 0.286. The normalized spacial score (nSPS) is 12.3. The summed E-state index contributed by atoms with van der Waals surface area (Å²) in [6.45, 7) is 0. The minimum Gasteiger partial charge on any atom is -0.490 e. The second kappa shape index (κ2) is 5.05. The van der Waals surface area contributed by atoms with E-state index in [0.29, 0.717) is 0 Å². The Labute approximate surface area is 113 Å². The molecule has 1 aromatic heterocycles. The summed E-state index contributed by atoms with van der Waals surface area (Å²) in [6, 6.07) is 0. The molecule has 0 amide bonds. The Hall–Kier alpha value is -0.820. The Morgan fingerprint density at radius 1 is 1.44 bits per heavy atom. The Balaban J connectivity index is 3.49. The van der Waals surface area contributed by atoms with Gasteiger partial charge in [0.2, 0.25) is 15.8 Å². The predicted molar refractivity (Wildman–Crippen MR) is 61.6 cm³/mol. The lowest BCUT2D eigenvalue weighted by molar-refractivity contribution is -0.276. The molecule has 0 spiro atoms. The lowest BCUT2D eigenvalue weighted by atomic mass is 10.4. The van der Waals surface area contributed by atoms with E-state index >= 15 is 0 Å². The molecule has 0 unspecified atom stereocenters. The van der Waals surface area contributed by atoms with E-state index in [4.69, 9.17) is 5.14 Å². The number of nitrogens with two attached hydrogens (primary N) is 1. The minimum atomic E-state index is -5.03. The number of ether oxygens (including phenoxy) is 2. The van der Waals surface area contributed by atoms with Crippen LogP contribution in [-0.4, -0.2) is 26.9 Å². The molecule has 0 aliphatic heterocycles. The quantitative estimate of drug-likeness (QED) is 0.774. The van der Waals surface area contributed by atoms with E-state index in [1.165, 1.54) is 0 Å². The summed E-state index contributed by atoms with van der Waals surface area (Å²) in [5.74, 6) is -1.71. The van der Waals surface area contributed by atoms with E-state index in [1.807, 2.05) is 0 Å². The number of rotatable bonds is 3. The first kappa shape index (κ1) is 15.2. The number of sulfonamides is 1. The van der Waals surface area contributed by atoms with Crippen LogP contribution in [0.15, 0.2) is 11.1 Å². The van der Waals surface area contributed by atoms with Crippen molar-refractivity contribution in [1.82, 2.24) is 4.98 Å². The van der Waals surface area contributed by atoms with Gasteiger partial charge in [0.15, 0.2) is 0 Å².